The third kappa shape index (κ3) is 5.30. The molecule has 31 heavy (non-hydrogen) atoms. The van der Waals surface area contributed by atoms with Crippen LogP contribution in [0, 0.1) is 25.2 Å². The van der Waals surface area contributed by atoms with Gasteiger partial charge in [-0.15, -0.1) is 0 Å². The number of aryl methyl sites for hydroxylation is 1. The third-order valence-electron chi connectivity index (χ3n) is 5.12. The van der Waals surface area contributed by atoms with Crippen molar-refractivity contribution in [2.24, 2.45) is 0 Å². The summed E-state index contributed by atoms with van der Waals surface area (Å²) >= 11 is 0. The molecule has 0 radical (unpaired) electrons. The summed E-state index contributed by atoms with van der Waals surface area (Å²) < 4.78 is 9.15. The van der Waals surface area contributed by atoms with Gasteiger partial charge in [-0.2, -0.15) is 10.4 Å². The second-order valence-electron chi connectivity index (χ2n) is 7.54. The summed E-state index contributed by atoms with van der Waals surface area (Å²) in [7, 11) is 1.67. The number of anilines is 1. The second kappa shape index (κ2) is 9.92. The molecule has 0 fully saturated rings. The van der Waals surface area contributed by atoms with E-state index in [1.165, 1.54) is 0 Å². The molecule has 1 N–H and O–H groups in total. The minimum atomic E-state index is -0.462. The predicted molar refractivity (Wildman–Crippen MR) is 120 cm³/mol. The molecule has 1 unspecified atom stereocenters. The van der Waals surface area contributed by atoms with Gasteiger partial charge in [0, 0.05) is 24.7 Å². The Morgan fingerprint density at radius 3 is 2.74 bits per heavy atom. The van der Waals surface area contributed by atoms with Gasteiger partial charge in [0.2, 0.25) is 0 Å². The summed E-state index contributed by atoms with van der Waals surface area (Å²) in [5.74, 6) is -0.462. The van der Waals surface area contributed by atoms with Crippen molar-refractivity contribution >= 4 is 17.7 Å². The number of amides is 1. The minimum absolute atomic E-state index is 0.0375. The Bertz CT molecular complexity index is 1120. The monoisotopic (exact) mass is 417 g/mol. The molecule has 0 spiro atoms. The predicted octanol–water partition coefficient (Wildman–Crippen LogP) is 4.10. The van der Waals surface area contributed by atoms with Gasteiger partial charge in [0.25, 0.3) is 5.91 Å². The van der Waals surface area contributed by atoms with E-state index in [0.717, 1.165) is 22.5 Å². The summed E-state index contributed by atoms with van der Waals surface area (Å²) in [5, 5.41) is 16.6. The molecule has 1 aromatic carbocycles. The van der Waals surface area contributed by atoms with Gasteiger partial charge in [0.15, 0.2) is 0 Å². The zero-order chi connectivity index (χ0) is 22.4. The Labute approximate surface area is 182 Å². The van der Waals surface area contributed by atoms with Gasteiger partial charge >= 0.3 is 0 Å². The Kier molecular flexibility index (Phi) is 7.06. The van der Waals surface area contributed by atoms with Gasteiger partial charge in [0.1, 0.15) is 11.6 Å². The summed E-state index contributed by atoms with van der Waals surface area (Å²) in [6, 6.07) is 14.1. The van der Waals surface area contributed by atoms with E-state index in [1.807, 2.05) is 56.3 Å². The van der Waals surface area contributed by atoms with Crippen molar-refractivity contribution in [2.45, 2.75) is 33.4 Å². The molecule has 7 nitrogen and oxygen atoms in total. The molecule has 3 rings (SSSR count). The number of methoxy groups -OCH3 is 1. The lowest BCUT2D eigenvalue weighted by atomic mass is 10.1. The average molecular weight is 418 g/mol. The molecule has 0 saturated heterocycles. The van der Waals surface area contributed by atoms with E-state index in [9.17, 15) is 10.1 Å². The number of carbonyl (C=O) groups is 1. The van der Waals surface area contributed by atoms with Crippen molar-refractivity contribution in [2.75, 3.05) is 19.0 Å². The van der Waals surface area contributed by atoms with Gasteiger partial charge < -0.3 is 14.6 Å². The lowest BCUT2D eigenvalue weighted by Gasteiger charge is -2.17. The molecule has 2 aromatic heterocycles. The SMILES string of the molecule is COCC(C)n1c(C)cc(/C=C(/C#N)C(=O)Nc2cnn(Cc3ccccc3)c2)c1C. The number of hydrogen-bond donors (Lipinski definition) is 1. The summed E-state index contributed by atoms with van der Waals surface area (Å²) in [4.78, 5) is 12.7. The van der Waals surface area contributed by atoms with Crippen LogP contribution < -0.4 is 5.32 Å². The first-order valence-electron chi connectivity index (χ1n) is 10.1. The molecule has 160 valence electrons. The Balaban J connectivity index is 1.75. The Hall–Kier alpha value is -3.63. The fourth-order valence-electron chi connectivity index (χ4n) is 3.73. The molecule has 3 aromatic rings. The second-order valence-corrected chi connectivity index (χ2v) is 7.54. The van der Waals surface area contributed by atoms with Crippen LogP contribution in [0.2, 0.25) is 0 Å². The number of nitrogens with zero attached hydrogens (tertiary/aromatic N) is 4. The molecular weight excluding hydrogens is 390 g/mol. The largest absolute Gasteiger partial charge is 0.383 e. The lowest BCUT2D eigenvalue weighted by molar-refractivity contribution is -0.112. The number of ether oxygens (including phenoxy) is 1. The third-order valence-corrected chi connectivity index (χ3v) is 5.12. The number of hydrogen-bond acceptors (Lipinski definition) is 4. The number of benzene rings is 1. The lowest BCUT2D eigenvalue weighted by Crippen LogP contribution is -2.14. The highest BCUT2D eigenvalue weighted by atomic mass is 16.5. The van der Waals surface area contributed by atoms with Crippen molar-refractivity contribution < 1.29 is 9.53 Å². The number of carbonyl (C=O) groups excluding carboxylic acids is 1. The van der Waals surface area contributed by atoms with E-state index in [0.29, 0.717) is 18.8 Å². The van der Waals surface area contributed by atoms with Crippen LogP contribution in [-0.2, 0) is 16.1 Å². The van der Waals surface area contributed by atoms with Gasteiger partial charge in [-0.05, 0) is 44.0 Å². The first-order valence-corrected chi connectivity index (χ1v) is 10.1. The van der Waals surface area contributed by atoms with Crippen molar-refractivity contribution in [1.82, 2.24) is 14.3 Å². The van der Waals surface area contributed by atoms with E-state index in [1.54, 1.807) is 30.3 Å². The highest BCUT2D eigenvalue weighted by Crippen LogP contribution is 2.23. The maximum absolute atomic E-state index is 12.7. The van der Waals surface area contributed by atoms with E-state index in [2.05, 4.69) is 21.9 Å². The zero-order valence-electron chi connectivity index (χ0n) is 18.3. The van der Waals surface area contributed by atoms with Crippen molar-refractivity contribution in [3.05, 3.63) is 76.9 Å². The van der Waals surface area contributed by atoms with Crippen LogP contribution in [0.15, 0.2) is 54.4 Å². The first kappa shape index (κ1) is 22.1. The van der Waals surface area contributed by atoms with E-state index in [-0.39, 0.29) is 11.6 Å². The molecule has 0 aliphatic heterocycles. The topological polar surface area (TPSA) is 84.9 Å². The fraction of sp³-hybridized carbons (Fsp3) is 0.292. The number of aromatic nitrogens is 3. The van der Waals surface area contributed by atoms with Gasteiger partial charge in [-0.1, -0.05) is 30.3 Å². The van der Waals surface area contributed by atoms with Crippen LogP contribution in [0.4, 0.5) is 5.69 Å². The summed E-state index contributed by atoms with van der Waals surface area (Å²) in [6.45, 7) is 7.23. The van der Waals surface area contributed by atoms with Crippen molar-refractivity contribution in [1.29, 1.82) is 5.26 Å². The smallest absolute Gasteiger partial charge is 0.266 e. The quantitative estimate of drug-likeness (QED) is 0.442. The Morgan fingerprint density at radius 1 is 1.32 bits per heavy atom. The van der Waals surface area contributed by atoms with Crippen LogP contribution in [0.1, 0.15) is 35.5 Å². The minimum Gasteiger partial charge on any atom is -0.383 e. The van der Waals surface area contributed by atoms with Gasteiger partial charge in [-0.3, -0.25) is 9.48 Å². The molecular formula is C24H27N5O2. The number of rotatable bonds is 8. The zero-order valence-corrected chi connectivity index (χ0v) is 18.3. The van der Waals surface area contributed by atoms with Crippen molar-refractivity contribution in [3.63, 3.8) is 0 Å². The fourth-order valence-corrected chi connectivity index (χ4v) is 3.73. The highest BCUT2D eigenvalue weighted by molar-refractivity contribution is 6.09. The maximum atomic E-state index is 12.7. The highest BCUT2D eigenvalue weighted by Gasteiger charge is 2.16. The van der Waals surface area contributed by atoms with Crippen LogP contribution in [0.5, 0.6) is 0 Å². The van der Waals surface area contributed by atoms with E-state index >= 15 is 0 Å². The Morgan fingerprint density at radius 2 is 2.06 bits per heavy atom. The van der Waals surface area contributed by atoms with E-state index in [4.69, 9.17) is 4.74 Å². The maximum Gasteiger partial charge on any atom is 0.266 e. The summed E-state index contributed by atoms with van der Waals surface area (Å²) in [6.07, 6.45) is 4.95. The number of nitrogens with one attached hydrogen (secondary N) is 1. The molecule has 2 heterocycles. The molecule has 1 amide bonds. The van der Waals surface area contributed by atoms with Crippen LogP contribution in [-0.4, -0.2) is 34.0 Å². The molecule has 0 aliphatic rings. The first-order chi connectivity index (χ1) is 14.9. The standard InChI is InChI=1S/C24H27N5O2/c1-17-10-21(19(3)29(17)18(2)16-31-4)11-22(12-25)24(30)27-23-13-26-28(15-23)14-20-8-6-5-7-9-20/h5-11,13,15,18H,14,16H2,1-4H3,(H,27,30)/b22-11-. The molecule has 0 bridgehead atoms. The molecule has 1 atom stereocenters. The van der Waals surface area contributed by atoms with Crippen LogP contribution >= 0.6 is 0 Å². The van der Waals surface area contributed by atoms with Crippen LogP contribution in [0.3, 0.4) is 0 Å². The van der Waals surface area contributed by atoms with Crippen molar-refractivity contribution in [3.8, 4) is 6.07 Å². The molecule has 7 heteroatoms. The number of nitriles is 1. The van der Waals surface area contributed by atoms with Gasteiger partial charge in [-0.25, -0.2) is 0 Å². The molecule has 0 saturated carbocycles. The molecule has 0 aliphatic carbocycles. The van der Waals surface area contributed by atoms with E-state index < -0.39 is 5.91 Å². The van der Waals surface area contributed by atoms with Gasteiger partial charge in [0.05, 0.1) is 31.1 Å². The normalized spacial score (nSPS) is 12.4. The summed E-state index contributed by atoms with van der Waals surface area (Å²) in [5.41, 5.74) is 4.56. The van der Waals surface area contributed by atoms with Crippen LogP contribution in [0.25, 0.3) is 6.08 Å². The average Bonchev–Trinajstić information content (AvgIpc) is 3.29.